The van der Waals surface area contributed by atoms with Crippen LogP contribution in [0, 0.1) is 0 Å². The highest BCUT2D eigenvalue weighted by Crippen LogP contribution is 2.11. The molecule has 1 saturated heterocycles. The highest BCUT2D eigenvalue weighted by molar-refractivity contribution is 5.76. The van der Waals surface area contributed by atoms with E-state index >= 15 is 0 Å². The molecule has 1 rings (SSSR count). The summed E-state index contributed by atoms with van der Waals surface area (Å²) in [5, 5.41) is 2.90. The van der Waals surface area contributed by atoms with E-state index in [4.69, 9.17) is 0 Å². The number of rotatable bonds is 3. The van der Waals surface area contributed by atoms with Gasteiger partial charge in [0.05, 0.1) is 0 Å². The molecule has 0 aromatic rings. The minimum absolute atomic E-state index is 0.0216. The SMILES string of the molecule is CCCC(=O)N1CCC(NC(C)=O)CC1. The first-order chi connectivity index (χ1) is 7.13. The van der Waals surface area contributed by atoms with Gasteiger partial charge < -0.3 is 10.2 Å². The van der Waals surface area contributed by atoms with Gasteiger partial charge in [-0.1, -0.05) is 6.92 Å². The highest BCUT2D eigenvalue weighted by Gasteiger charge is 2.22. The first-order valence-electron chi connectivity index (χ1n) is 5.68. The quantitative estimate of drug-likeness (QED) is 0.756. The van der Waals surface area contributed by atoms with E-state index < -0.39 is 0 Å². The van der Waals surface area contributed by atoms with Gasteiger partial charge in [-0.15, -0.1) is 0 Å². The third kappa shape index (κ3) is 3.90. The van der Waals surface area contributed by atoms with Crippen LogP contribution in [0.1, 0.15) is 39.5 Å². The molecule has 0 radical (unpaired) electrons. The Morgan fingerprint density at radius 3 is 2.40 bits per heavy atom. The molecule has 1 aliphatic heterocycles. The number of piperidine rings is 1. The Morgan fingerprint density at radius 2 is 1.93 bits per heavy atom. The van der Waals surface area contributed by atoms with E-state index in [1.807, 2.05) is 11.8 Å². The predicted octanol–water partition coefficient (Wildman–Crippen LogP) is 0.914. The second kappa shape index (κ2) is 5.73. The van der Waals surface area contributed by atoms with E-state index in [0.717, 1.165) is 32.4 Å². The van der Waals surface area contributed by atoms with E-state index in [-0.39, 0.29) is 17.9 Å². The fraction of sp³-hybridized carbons (Fsp3) is 0.818. The molecule has 4 nitrogen and oxygen atoms in total. The second-order valence-electron chi connectivity index (χ2n) is 4.11. The van der Waals surface area contributed by atoms with Crippen LogP contribution in [0.2, 0.25) is 0 Å². The molecule has 0 saturated carbocycles. The van der Waals surface area contributed by atoms with Crippen molar-refractivity contribution in [2.75, 3.05) is 13.1 Å². The normalized spacial score (nSPS) is 17.6. The maximum Gasteiger partial charge on any atom is 0.222 e. The number of carbonyl (C=O) groups is 2. The van der Waals surface area contributed by atoms with Gasteiger partial charge in [-0.25, -0.2) is 0 Å². The molecule has 0 spiro atoms. The zero-order valence-corrected chi connectivity index (χ0v) is 9.58. The molecule has 0 aromatic carbocycles. The summed E-state index contributed by atoms with van der Waals surface area (Å²) in [4.78, 5) is 24.3. The van der Waals surface area contributed by atoms with Crippen molar-refractivity contribution in [3.05, 3.63) is 0 Å². The number of likely N-dealkylation sites (tertiary alicyclic amines) is 1. The topological polar surface area (TPSA) is 49.4 Å². The van der Waals surface area contributed by atoms with Crippen LogP contribution in [0.3, 0.4) is 0 Å². The zero-order chi connectivity index (χ0) is 11.3. The van der Waals surface area contributed by atoms with Gasteiger partial charge in [0.15, 0.2) is 0 Å². The van der Waals surface area contributed by atoms with Gasteiger partial charge in [-0.2, -0.15) is 0 Å². The number of amides is 2. The van der Waals surface area contributed by atoms with Crippen LogP contribution in [-0.4, -0.2) is 35.8 Å². The average Bonchev–Trinajstić information content (AvgIpc) is 2.18. The van der Waals surface area contributed by atoms with Crippen molar-refractivity contribution in [2.24, 2.45) is 0 Å². The molecule has 15 heavy (non-hydrogen) atoms. The second-order valence-corrected chi connectivity index (χ2v) is 4.11. The fourth-order valence-electron chi connectivity index (χ4n) is 1.93. The molecule has 1 fully saturated rings. The number of nitrogens with one attached hydrogen (secondary N) is 1. The first kappa shape index (κ1) is 12.0. The maximum atomic E-state index is 11.6. The molecular weight excluding hydrogens is 192 g/mol. The molecule has 0 atom stereocenters. The molecule has 0 unspecified atom stereocenters. The molecule has 86 valence electrons. The highest BCUT2D eigenvalue weighted by atomic mass is 16.2. The van der Waals surface area contributed by atoms with Crippen LogP contribution in [0.15, 0.2) is 0 Å². The smallest absolute Gasteiger partial charge is 0.222 e. The number of hydrogen-bond acceptors (Lipinski definition) is 2. The van der Waals surface area contributed by atoms with Crippen molar-refractivity contribution in [1.82, 2.24) is 10.2 Å². The molecule has 1 aliphatic rings. The van der Waals surface area contributed by atoms with Crippen LogP contribution in [0.25, 0.3) is 0 Å². The number of carbonyl (C=O) groups excluding carboxylic acids is 2. The molecule has 0 aromatic heterocycles. The van der Waals surface area contributed by atoms with Crippen LogP contribution in [0.5, 0.6) is 0 Å². The van der Waals surface area contributed by atoms with Crippen LogP contribution in [-0.2, 0) is 9.59 Å². The van der Waals surface area contributed by atoms with Gasteiger partial charge in [0.1, 0.15) is 0 Å². The fourth-order valence-corrected chi connectivity index (χ4v) is 1.93. The Kier molecular flexibility index (Phi) is 4.59. The largest absolute Gasteiger partial charge is 0.353 e. The monoisotopic (exact) mass is 212 g/mol. The Morgan fingerprint density at radius 1 is 1.33 bits per heavy atom. The third-order valence-corrected chi connectivity index (χ3v) is 2.72. The van der Waals surface area contributed by atoms with Gasteiger partial charge in [-0.05, 0) is 19.3 Å². The summed E-state index contributed by atoms with van der Waals surface area (Å²) in [7, 11) is 0. The van der Waals surface area contributed by atoms with Crippen molar-refractivity contribution in [3.8, 4) is 0 Å². The lowest BCUT2D eigenvalue weighted by atomic mass is 10.0. The summed E-state index contributed by atoms with van der Waals surface area (Å²) in [6, 6.07) is 0.258. The Labute approximate surface area is 91.0 Å². The van der Waals surface area contributed by atoms with E-state index in [9.17, 15) is 9.59 Å². The lowest BCUT2D eigenvalue weighted by molar-refractivity contribution is -0.132. The third-order valence-electron chi connectivity index (χ3n) is 2.72. The van der Waals surface area contributed by atoms with E-state index in [0.29, 0.717) is 6.42 Å². The summed E-state index contributed by atoms with van der Waals surface area (Å²) in [6.45, 7) is 5.12. The Bertz CT molecular complexity index is 233. The molecule has 1 heterocycles. The number of nitrogens with zero attached hydrogens (tertiary/aromatic N) is 1. The van der Waals surface area contributed by atoms with Gasteiger partial charge in [0.25, 0.3) is 0 Å². The molecule has 1 N–H and O–H groups in total. The van der Waals surface area contributed by atoms with Crippen molar-refractivity contribution in [1.29, 1.82) is 0 Å². The molecule has 0 bridgehead atoms. The van der Waals surface area contributed by atoms with E-state index in [1.165, 1.54) is 6.92 Å². The van der Waals surface area contributed by atoms with Crippen LogP contribution < -0.4 is 5.32 Å². The average molecular weight is 212 g/mol. The molecule has 4 heteroatoms. The Balaban J connectivity index is 2.29. The van der Waals surface area contributed by atoms with Gasteiger partial charge >= 0.3 is 0 Å². The minimum Gasteiger partial charge on any atom is -0.353 e. The lowest BCUT2D eigenvalue weighted by Gasteiger charge is -2.32. The van der Waals surface area contributed by atoms with Gasteiger partial charge in [0, 0.05) is 32.5 Å². The molecule has 0 aliphatic carbocycles. The van der Waals surface area contributed by atoms with Crippen molar-refractivity contribution < 1.29 is 9.59 Å². The van der Waals surface area contributed by atoms with Crippen LogP contribution in [0.4, 0.5) is 0 Å². The van der Waals surface area contributed by atoms with Crippen molar-refractivity contribution in [2.45, 2.75) is 45.6 Å². The summed E-state index contributed by atoms with van der Waals surface area (Å²) in [5.74, 6) is 0.270. The molecular formula is C11H20N2O2. The van der Waals surface area contributed by atoms with Crippen molar-refractivity contribution in [3.63, 3.8) is 0 Å². The van der Waals surface area contributed by atoms with Crippen LogP contribution >= 0.6 is 0 Å². The van der Waals surface area contributed by atoms with E-state index in [2.05, 4.69) is 5.32 Å². The van der Waals surface area contributed by atoms with Crippen molar-refractivity contribution >= 4 is 11.8 Å². The number of hydrogen-bond donors (Lipinski definition) is 1. The summed E-state index contributed by atoms with van der Waals surface area (Å²) in [5.41, 5.74) is 0. The van der Waals surface area contributed by atoms with Gasteiger partial charge in [0.2, 0.25) is 11.8 Å². The van der Waals surface area contributed by atoms with Gasteiger partial charge in [-0.3, -0.25) is 9.59 Å². The maximum absolute atomic E-state index is 11.6. The first-order valence-corrected chi connectivity index (χ1v) is 5.68. The summed E-state index contributed by atoms with van der Waals surface area (Å²) >= 11 is 0. The Hall–Kier alpha value is -1.06. The zero-order valence-electron chi connectivity index (χ0n) is 9.58. The lowest BCUT2D eigenvalue weighted by Crippen LogP contribution is -2.46. The standard InChI is InChI=1S/C11H20N2O2/c1-3-4-11(15)13-7-5-10(6-8-13)12-9(2)14/h10H,3-8H2,1-2H3,(H,12,14). The summed E-state index contributed by atoms with van der Waals surface area (Å²) in [6.07, 6.45) is 3.32. The van der Waals surface area contributed by atoms with E-state index in [1.54, 1.807) is 0 Å². The minimum atomic E-state index is 0.0216. The predicted molar refractivity (Wildman–Crippen MR) is 58.3 cm³/mol. The molecule has 2 amide bonds. The summed E-state index contributed by atoms with van der Waals surface area (Å²) < 4.78 is 0.